The molecule has 64 valence electrons. The van der Waals surface area contributed by atoms with Gasteiger partial charge in [-0.3, -0.25) is 0 Å². The van der Waals surface area contributed by atoms with Crippen LogP contribution in [0, 0.1) is 0 Å². The predicted octanol–water partition coefficient (Wildman–Crippen LogP) is 4.55. The molecular weight excluding hydrogens is 347 g/mol. The van der Waals surface area contributed by atoms with Gasteiger partial charge in [-0.1, -0.05) is 28.1 Å². The maximum absolute atomic E-state index is 3.40. The summed E-state index contributed by atoms with van der Waals surface area (Å²) >= 11 is 7.49. The fraction of sp³-hybridized carbons (Fsp3) is 0.111. The van der Waals surface area contributed by atoms with Crippen LogP contribution in [0.3, 0.4) is 0 Å². The lowest BCUT2D eigenvalue weighted by atomic mass is 10.2. The Morgan fingerprint density at radius 1 is 1.42 bits per heavy atom. The quantitative estimate of drug-likeness (QED) is 0.702. The minimum absolute atomic E-state index is 1.12. The van der Waals surface area contributed by atoms with Crippen molar-refractivity contribution in [2.75, 3.05) is 6.26 Å². The van der Waals surface area contributed by atoms with Crippen molar-refractivity contribution in [1.82, 2.24) is 0 Å². The van der Waals surface area contributed by atoms with E-state index in [1.54, 1.807) is 11.8 Å². The molecule has 0 N–H and O–H groups in total. The molecule has 0 aliphatic carbocycles. The fourth-order valence-corrected chi connectivity index (χ4v) is 1.63. The van der Waals surface area contributed by atoms with Crippen molar-refractivity contribution < 1.29 is 0 Å². The minimum Gasteiger partial charge on any atom is -0.123 e. The Morgan fingerprint density at radius 3 is 2.50 bits per heavy atom. The molecule has 1 rings (SSSR count). The zero-order valence-electron chi connectivity index (χ0n) is 6.55. The number of hydrogen-bond donors (Lipinski definition) is 0. The summed E-state index contributed by atoms with van der Waals surface area (Å²) in [6, 6.07) is 8.30. The van der Waals surface area contributed by atoms with Gasteiger partial charge in [-0.25, -0.2) is 0 Å². The summed E-state index contributed by atoms with van der Waals surface area (Å²) in [7, 11) is 0. The van der Waals surface area contributed by atoms with Crippen LogP contribution in [-0.4, -0.2) is 6.26 Å². The molecule has 0 saturated heterocycles. The number of rotatable bonds is 2. The molecule has 12 heavy (non-hydrogen) atoms. The molecule has 0 spiro atoms. The summed E-state index contributed by atoms with van der Waals surface area (Å²) in [6.45, 7) is 0. The van der Waals surface area contributed by atoms with Gasteiger partial charge < -0.3 is 0 Å². The molecule has 0 bridgehead atoms. The zero-order chi connectivity index (χ0) is 8.97. The van der Waals surface area contributed by atoms with E-state index in [2.05, 4.69) is 75.1 Å². The average Bonchev–Trinajstić information content (AvgIpc) is 2.09. The van der Waals surface area contributed by atoms with Crippen LogP contribution in [0.15, 0.2) is 31.7 Å². The topological polar surface area (TPSA) is 0 Å². The third-order valence-corrected chi connectivity index (χ3v) is 4.01. The van der Waals surface area contributed by atoms with Crippen molar-refractivity contribution in [2.24, 2.45) is 0 Å². The van der Waals surface area contributed by atoms with Crippen LogP contribution < -0.4 is 0 Å². The molecule has 0 unspecified atom stereocenters. The van der Waals surface area contributed by atoms with E-state index in [0.717, 1.165) is 4.47 Å². The molecule has 1 aromatic rings. The fourth-order valence-electron chi connectivity index (χ4n) is 0.749. The van der Waals surface area contributed by atoms with Crippen molar-refractivity contribution in [2.45, 2.75) is 0 Å². The lowest BCUT2D eigenvalue weighted by Crippen LogP contribution is -1.70. The Balaban J connectivity index is 2.84. The smallest absolute Gasteiger partial charge is 0.0460 e. The second-order valence-electron chi connectivity index (χ2n) is 2.20. The van der Waals surface area contributed by atoms with Crippen molar-refractivity contribution in [3.05, 3.63) is 37.2 Å². The van der Waals surface area contributed by atoms with E-state index in [0.29, 0.717) is 0 Å². The van der Waals surface area contributed by atoms with Crippen LogP contribution in [0.5, 0.6) is 0 Å². The van der Waals surface area contributed by atoms with E-state index >= 15 is 0 Å². The van der Waals surface area contributed by atoms with Crippen LogP contribution >= 0.6 is 50.3 Å². The van der Waals surface area contributed by atoms with E-state index in [1.807, 2.05) is 0 Å². The molecule has 0 atom stereocenters. The van der Waals surface area contributed by atoms with Gasteiger partial charge in [0.25, 0.3) is 0 Å². The summed E-state index contributed by atoms with van der Waals surface area (Å²) < 4.78 is 2.42. The molecule has 0 aliphatic rings. The van der Waals surface area contributed by atoms with Gasteiger partial charge in [0, 0.05) is 7.38 Å². The van der Waals surface area contributed by atoms with Crippen molar-refractivity contribution in [1.29, 1.82) is 0 Å². The van der Waals surface area contributed by atoms with Gasteiger partial charge in [-0.15, -0.1) is 11.8 Å². The molecule has 0 radical (unpaired) electrons. The predicted molar refractivity (Wildman–Crippen MR) is 69.7 cm³/mol. The normalized spacial score (nSPS) is 11.8. The molecule has 0 fully saturated rings. The molecule has 0 aromatic heterocycles. The summed E-state index contributed by atoms with van der Waals surface area (Å²) in [4.78, 5) is 0. The van der Waals surface area contributed by atoms with Gasteiger partial charge in [0.2, 0.25) is 0 Å². The summed E-state index contributed by atoms with van der Waals surface area (Å²) in [5.41, 5.74) is 1.25. The first kappa shape index (κ1) is 10.6. The lowest BCUT2D eigenvalue weighted by Gasteiger charge is -1.95. The van der Waals surface area contributed by atoms with Gasteiger partial charge in [-0.2, -0.15) is 0 Å². The monoisotopic (exact) mass is 354 g/mol. The van der Waals surface area contributed by atoms with Crippen molar-refractivity contribution in [3.63, 3.8) is 0 Å². The second kappa shape index (κ2) is 5.29. The van der Waals surface area contributed by atoms with Gasteiger partial charge >= 0.3 is 0 Å². The Labute approximate surface area is 99.1 Å². The number of benzene rings is 1. The lowest BCUT2D eigenvalue weighted by molar-refractivity contribution is 1.62. The average molecular weight is 355 g/mol. The standard InChI is InChI=1S/C9H8BrIS/c1-12-9(11)6-7-2-4-8(10)5-3-7/h2-6H,1H3/b9-6+. The highest BCUT2D eigenvalue weighted by Gasteiger charge is 1.90. The number of halogens is 2. The first-order valence-corrected chi connectivity index (χ1v) is 6.49. The third-order valence-electron chi connectivity index (χ3n) is 1.35. The van der Waals surface area contributed by atoms with Gasteiger partial charge in [0.05, 0.1) is 0 Å². The summed E-state index contributed by atoms with van der Waals surface area (Å²) in [5, 5.41) is 0. The van der Waals surface area contributed by atoms with Crippen LogP contribution in [0.1, 0.15) is 5.56 Å². The Hall–Kier alpha value is 0.520. The highest BCUT2D eigenvalue weighted by Crippen LogP contribution is 2.23. The summed E-state index contributed by atoms with van der Waals surface area (Å²) in [6.07, 6.45) is 4.24. The second-order valence-corrected chi connectivity index (χ2v) is 5.86. The third kappa shape index (κ3) is 3.49. The SMILES string of the molecule is CS/C(I)=C/c1ccc(Br)cc1. The molecular formula is C9H8BrIS. The van der Waals surface area contributed by atoms with Gasteiger partial charge in [0.1, 0.15) is 0 Å². The maximum Gasteiger partial charge on any atom is 0.0460 e. The number of hydrogen-bond acceptors (Lipinski definition) is 1. The number of thioether (sulfide) groups is 1. The van der Waals surface area contributed by atoms with E-state index in [4.69, 9.17) is 0 Å². The molecule has 1 aromatic carbocycles. The molecule has 0 amide bonds. The first-order valence-electron chi connectivity index (χ1n) is 3.39. The molecule has 0 aliphatic heterocycles. The molecule has 0 nitrogen and oxygen atoms in total. The molecule has 3 heteroatoms. The first-order chi connectivity index (χ1) is 5.72. The van der Waals surface area contributed by atoms with Gasteiger partial charge in [-0.05, 0) is 52.6 Å². The van der Waals surface area contributed by atoms with E-state index < -0.39 is 0 Å². The minimum atomic E-state index is 1.12. The van der Waals surface area contributed by atoms with E-state index in [-0.39, 0.29) is 0 Å². The van der Waals surface area contributed by atoms with Crippen LogP contribution in [0.2, 0.25) is 0 Å². The van der Waals surface area contributed by atoms with Crippen LogP contribution in [0.25, 0.3) is 6.08 Å². The molecule has 0 saturated carbocycles. The Morgan fingerprint density at radius 2 is 2.00 bits per heavy atom. The van der Waals surface area contributed by atoms with E-state index in [9.17, 15) is 0 Å². The van der Waals surface area contributed by atoms with Crippen molar-refractivity contribution in [3.8, 4) is 0 Å². The van der Waals surface area contributed by atoms with Crippen LogP contribution in [0.4, 0.5) is 0 Å². The highest BCUT2D eigenvalue weighted by molar-refractivity contribution is 14.1. The molecule has 0 heterocycles. The Kier molecular flexibility index (Phi) is 4.68. The van der Waals surface area contributed by atoms with Crippen LogP contribution in [-0.2, 0) is 0 Å². The van der Waals surface area contributed by atoms with E-state index in [1.165, 1.54) is 8.48 Å². The summed E-state index contributed by atoms with van der Waals surface area (Å²) in [5.74, 6) is 0. The highest BCUT2D eigenvalue weighted by atomic mass is 127. The zero-order valence-corrected chi connectivity index (χ0v) is 11.1. The largest absolute Gasteiger partial charge is 0.123 e. The van der Waals surface area contributed by atoms with Gasteiger partial charge in [0.15, 0.2) is 0 Å². The van der Waals surface area contributed by atoms with Crippen molar-refractivity contribution >= 4 is 56.4 Å². The Bertz CT molecular complexity index is 279. The maximum atomic E-state index is 3.40.